The molecule has 0 aliphatic heterocycles. The normalized spacial score (nSPS) is 10.4. The van der Waals surface area contributed by atoms with Crippen molar-refractivity contribution in [3.05, 3.63) is 50.8 Å². The Hall–Kier alpha value is -2.41. The zero-order valence-corrected chi connectivity index (χ0v) is 10.5. The van der Waals surface area contributed by atoms with Crippen molar-refractivity contribution < 1.29 is 14.8 Å². The molecule has 7 nitrogen and oxygen atoms in total. The summed E-state index contributed by atoms with van der Waals surface area (Å²) < 4.78 is 1.28. The first-order chi connectivity index (χ1) is 8.90. The monoisotopic (exact) mass is 281 g/mol. The number of carbonyl (C=O) groups is 1. The van der Waals surface area contributed by atoms with Gasteiger partial charge < -0.3 is 5.11 Å². The van der Waals surface area contributed by atoms with Crippen LogP contribution in [0.2, 0.25) is 5.02 Å². The van der Waals surface area contributed by atoms with Gasteiger partial charge in [-0.05, 0) is 13.0 Å². The predicted octanol–water partition coefficient (Wildman–Crippen LogP) is 2.44. The molecular formula is C11H8ClN3O4. The van der Waals surface area contributed by atoms with Crippen molar-refractivity contribution in [1.82, 2.24) is 9.78 Å². The molecule has 1 heterocycles. The van der Waals surface area contributed by atoms with Crippen molar-refractivity contribution in [2.45, 2.75) is 6.92 Å². The third kappa shape index (κ3) is 2.41. The third-order valence-electron chi connectivity index (χ3n) is 2.49. The first-order valence-electron chi connectivity index (χ1n) is 5.14. The molecule has 19 heavy (non-hydrogen) atoms. The lowest BCUT2D eigenvalue weighted by Crippen LogP contribution is -2.02. The van der Waals surface area contributed by atoms with Gasteiger partial charge in [-0.1, -0.05) is 11.6 Å². The minimum atomic E-state index is -1.14. The Labute approximate surface area is 112 Å². The molecular weight excluding hydrogens is 274 g/mol. The van der Waals surface area contributed by atoms with Crippen molar-refractivity contribution in [3.63, 3.8) is 0 Å². The minimum absolute atomic E-state index is 0.0885. The Balaban J connectivity index is 2.50. The van der Waals surface area contributed by atoms with Gasteiger partial charge >= 0.3 is 5.97 Å². The van der Waals surface area contributed by atoms with Crippen LogP contribution in [0.15, 0.2) is 24.4 Å². The highest BCUT2D eigenvalue weighted by molar-refractivity contribution is 6.32. The number of benzene rings is 1. The fourth-order valence-corrected chi connectivity index (χ4v) is 1.85. The Morgan fingerprint density at radius 1 is 1.53 bits per heavy atom. The fraction of sp³-hybridized carbons (Fsp3) is 0.0909. The van der Waals surface area contributed by atoms with Gasteiger partial charge in [0.15, 0.2) is 5.69 Å². The highest BCUT2D eigenvalue weighted by Crippen LogP contribution is 2.25. The number of halogens is 1. The van der Waals surface area contributed by atoms with E-state index in [4.69, 9.17) is 16.7 Å². The zero-order chi connectivity index (χ0) is 14.2. The molecule has 0 aliphatic rings. The number of carboxylic acid groups (broad SMARTS) is 1. The van der Waals surface area contributed by atoms with Crippen LogP contribution in [-0.2, 0) is 0 Å². The number of aromatic carboxylic acids is 1. The number of nitro groups is 1. The van der Waals surface area contributed by atoms with E-state index in [-0.39, 0.29) is 16.4 Å². The highest BCUT2D eigenvalue weighted by atomic mass is 35.5. The molecule has 0 saturated heterocycles. The maximum absolute atomic E-state index is 10.9. The summed E-state index contributed by atoms with van der Waals surface area (Å²) in [5, 5.41) is 23.5. The summed E-state index contributed by atoms with van der Waals surface area (Å²) in [6.45, 7) is 1.60. The summed E-state index contributed by atoms with van der Waals surface area (Å²) in [5.41, 5.74) is 0.621. The molecule has 0 unspecified atom stereocenters. The molecule has 0 atom stereocenters. The number of rotatable bonds is 3. The number of hydrogen-bond donors (Lipinski definition) is 1. The van der Waals surface area contributed by atoms with Gasteiger partial charge in [0.25, 0.3) is 5.69 Å². The van der Waals surface area contributed by atoms with Gasteiger partial charge in [0, 0.05) is 23.9 Å². The lowest BCUT2D eigenvalue weighted by atomic mass is 10.3. The Kier molecular flexibility index (Phi) is 3.22. The van der Waals surface area contributed by atoms with Crippen LogP contribution in [0, 0.1) is 17.0 Å². The van der Waals surface area contributed by atoms with Crippen LogP contribution < -0.4 is 0 Å². The average molecular weight is 282 g/mol. The van der Waals surface area contributed by atoms with Crippen molar-refractivity contribution in [2.24, 2.45) is 0 Å². The Bertz CT molecular complexity index is 681. The van der Waals surface area contributed by atoms with E-state index >= 15 is 0 Å². The van der Waals surface area contributed by atoms with Crippen LogP contribution in [0.3, 0.4) is 0 Å². The molecule has 0 spiro atoms. The molecule has 0 fully saturated rings. The number of aryl methyl sites for hydroxylation is 1. The summed E-state index contributed by atoms with van der Waals surface area (Å²) >= 11 is 5.94. The van der Waals surface area contributed by atoms with Crippen LogP contribution in [-0.4, -0.2) is 25.8 Å². The lowest BCUT2D eigenvalue weighted by molar-refractivity contribution is -0.384. The van der Waals surface area contributed by atoms with Gasteiger partial charge in [-0.15, -0.1) is 0 Å². The van der Waals surface area contributed by atoms with E-state index in [1.807, 2.05) is 0 Å². The average Bonchev–Trinajstić information content (AvgIpc) is 2.71. The SMILES string of the molecule is Cc1cn(-c2ccc([N+](=O)[O-])cc2Cl)nc1C(=O)O. The Morgan fingerprint density at radius 3 is 2.68 bits per heavy atom. The molecule has 0 amide bonds. The standard InChI is InChI=1S/C11H8ClN3O4/c1-6-5-14(13-10(6)11(16)17)9-3-2-7(15(18)19)4-8(9)12/h2-5H,1H3,(H,16,17). The first kappa shape index (κ1) is 13.0. The molecule has 0 radical (unpaired) electrons. The molecule has 1 N–H and O–H groups in total. The van der Waals surface area contributed by atoms with Crippen LogP contribution in [0.25, 0.3) is 5.69 Å². The van der Waals surface area contributed by atoms with E-state index in [1.165, 1.54) is 29.1 Å². The molecule has 1 aromatic heterocycles. The van der Waals surface area contributed by atoms with E-state index in [0.29, 0.717) is 11.3 Å². The summed E-state index contributed by atoms with van der Waals surface area (Å²) in [6.07, 6.45) is 1.50. The topological polar surface area (TPSA) is 98.3 Å². The predicted molar refractivity (Wildman–Crippen MR) is 66.9 cm³/mol. The van der Waals surface area contributed by atoms with Crippen molar-refractivity contribution in [3.8, 4) is 5.69 Å². The molecule has 0 aliphatic carbocycles. The molecule has 1 aromatic carbocycles. The van der Waals surface area contributed by atoms with Gasteiger partial charge in [-0.25, -0.2) is 9.48 Å². The molecule has 0 saturated carbocycles. The summed E-state index contributed by atoms with van der Waals surface area (Å²) in [4.78, 5) is 20.9. The smallest absolute Gasteiger partial charge is 0.356 e. The second-order valence-electron chi connectivity index (χ2n) is 3.80. The largest absolute Gasteiger partial charge is 0.476 e. The number of carboxylic acids is 1. The highest BCUT2D eigenvalue weighted by Gasteiger charge is 2.16. The van der Waals surface area contributed by atoms with Gasteiger partial charge in [0.2, 0.25) is 0 Å². The van der Waals surface area contributed by atoms with Crippen LogP contribution in [0.1, 0.15) is 16.1 Å². The minimum Gasteiger partial charge on any atom is -0.476 e. The maximum atomic E-state index is 10.9. The number of nitrogens with zero attached hydrogens (tertiary/aromatic N) is 3. The van der Waals surface area contributed by atoms with Crippen LogP contribution in [0.4, 0.5) is 5.69 Å². The second kappa shape index (κ2) is 4.69. The Morgan fingerprint density at radius 2 is 2.21 bits per heavy atom. The molecule has 2 rings (SSSR count). The number of non-ortho nitro benzene ring substituents is 1. The fourth-order valence-electron chi connectivity index (χ4n) is 1.59. The molecule has 8 heteroatoms. The summed E-state index contributed by atoms with van der Waals surface area (Å²) in [7, 11) is 0. The second-order valence-corrected chi connectivity index (χ2v) is 4.21. The first-order valence-corrected chi connectivity index (χ1v) is 5.52. The molecule has 2 aromatic rings. The van der Waals surface area contributed by atoms with E-state index in [2.05, 4.69) is 5.10 Å². The maximum Gasteiger partial charge on any atom is 0.356 e. The number of aromatic nitrogens is 2. The molecule has 98 valence electrons. The van der Waals surface area contributed by atoms with E-state index in [9.17, 15) is 14.9 Å². The van der Waals surface area contributed by atoms with Gasteiger partial charge in [0.1, 0.15) is 0 Å². The van der Waals surface area contributed by atoms with Crippen molar-refractivity contribution >= 4 is 23.3 Å². The summed E-state index contributed by atoms with van der Waals surface area (Å²) in [6, 6.07) is 3.88. The van der Waals surface area contributed by atoms with Crippen molar-refractivity contribution in [2.75, 3.05) is 0 Å². The lowest BCUT2D eigenvalue weighted by Gasteiger charge is -2.03. The number of hydrogen-bond acceptors (Lipinski definition) is 4. The van der Waals surface area contributed by atoms with Crippen LogP contribution in [0.5, 0.6) is 0 Å². The quantitative estimate of drug-likeness (QED) is 0.688. The van der Waals surface area contributed by atoms with Crippen LogP contribution >= 0.6 is 11.6 Å². The third-order valence-corrected chi connectivity index (χ3v) is 2.79. The van der Waals surface area contributed by atoms with E-state index in [1.54, 1.807) is 6.92 Å². The van der Waals surface area contributed by atoms with Crippen molar-refractivity contribution in [1.29, 1.82) is 0 Å². The zero-order valence-electron chi connectivity index (χ0n) is 9.70. The molecule has 0 bridgehead atoms. The van der Waals surface area contributed by atoms with E-state index < -0.39 is 10.9 Å². The van der Waals surface area contributed by atoms with E-state index in [0.717, 1.165) is 0 Å². The summed E-state index contributed by atoms with van der Waals surface area (Å²) in [5.74, 6) is -1.14. The number of nitro benzene ring substituents is 1. The van der Waals surface area contributed by atoms with Gasteiger partial charge in [-0.2, -0.15) is 5.10 Å². The van der Waals surface area contributed by atoms with Gasteiger partial charge in [0.05, 0.1) is 15.6 Å². The van der Waals surface area contributed by atoms with Gasteiger partial charge in [-0.3, -0.25) is 10.1 Å².